The third kappa shape index (κ3) is 3.85. The van der Waals surface area contributed by atoms with Gasteiger partial charge in [0, 0.05) is 42.5 Å². The number of hydrogen-bond donors (Lipinski definition) is 1. The molecular weight excluding hydrogens is 393 g/mol. The van der Waals surface area contributed by atoms with E-state index in [1.165, 1.54) is 18.2 Å². The van der Waals surface area contributed by atoms with Gasteiger partial charge in [0.25, 0.3) is 0 Å². The van der Waals surface area contributed by atoms with E-state index in [4.69, 9.17) is 0 Å². The second-order valence-electron chi connectivity index (χ2n) is 7.11. The molecule has 1 saturated heterocycles. The highest BCUT2D eigenvalue weighted by atomic mass is 19.4. The fourth-order valence-corrected chi connectivity index (χ4v) is 3.64. The zero-order chi connectivity index (χ0) is 21.3. The van der Waals surface area contributed by atoms with Gasteiger partial charge in [-0.2, -0.15) is 13.2 Å². The molecule has 0 bridgehead atoms. The predicted octanol–water partition coefficient (Wildman–Crippen LogP) is 4.51. The fraction of sp³-hybridized carbons (Fsp3) is 0.227. The molecule has 1 aliphatic rings. The van der Waals surface area contributed by atoms with Crippen molar-refractivity contribution in [3.05, 3.63) is 67.0 Å². The number of benzene rings is 1. The highest BCUT2D eigenvalue weighted by molar-refractivity contribution is 5.99. The Morgan fingerprint density at radius 1 is 1.20 bits per heavy atom. The molecule has 1 amide bonds. The normalized spacial score (nSPS) is 16.6. The van der Waals surface area contributed by atoms with Gasteiger partial charge in [0.15, 0.2) is 0 Å². The number of amides is 1. The molecule has 1 fully saturated rings. The predicted molar refractivity (Wildman–Crippen MR) is 109 cm³/mol. The molecule has 1 atom stereocenters. The number of hydrogen-bond acceptors (Lipinski definition) is 4. The van der Waals surface area contributed by atoms with Crippen LogP contribution in [0, 0.1) is 0 Å². The topological polar surface area (TPSA) is 58.1 Å². The van der Waals surface area contributed by atoms with Crippen LogP contribution in [0.5, 0.6) is 0 Å². The van der Waals surface area contributed by atoms with Crippen molar-refractivity contribution in [1.82, 2.24) is 14.9 Å². The average molecular weight is 412 g/mol. The van der Waals surface area contributed by atoms with Crippen LogP contribution in [0.2, 0.25) is 0 Å². The average Bonchev–Trinajstić information content (AvgIpc) is 3.21. The Bertz CT molecular complexity index is 1100. The number of pyridine rings is 2. The number of likely N-dealkylation sites (tertiary alicyclic amines) is 1. The maximum absolute atomic E-state index is 12.9. The van der Waals surface area contributed by atoms with Crippen LogP contribution in [0.3, 0.4) is 0 Å². The minimum absolute atomic E-state index is 0.0433. The van der Waals surface area contributed by atoms with Crippen LogP contribution in [0.1, 0.15) is 12.0 Å². The third-order valence-corrected chi connectivity index (χ3v) is 5.18. The van der Waals surface area contributed by atoms with Crippen molar-refractivity contribution in [2.45, 2.75) is 18.6 Å². The molecular formula is C22H19F3N4O. The largest absolute Gasteiger partial charge is 0.416 e. The number of halogens is 3. The first-order valence-electron chi connectivity index (χ1n) is 9.46. The first-order chi connectivity index (χ1) is 14.4. The Labute approximate surface area is 171 Å². The molecule has 30 heavy (non-hydrogen) atoms. The number of alkyl halides is 3. The van der Waals surface area contributed by atoms with Crippen molar-refractivity contribution in [2.75, 3.05) is 18.4 Å². The number of aromatic nitrogens is 2. The Kier molecular flexibility index (Phi) is 5.15. The molecule has 1 aliphatic heterocycles. The van der Waals surface area contributed by atoms with E-state index in [9.17, 15) is 18.0 Å². The summed E-state index contributed by atoms with van der Waals surface area (Å²) in [6.45, 7) is 4.71. The zero-order valence-corrected chi connectivity index (χ0v) is 16.0. The first-order valence-corrected chi connectivity index (χ1v) is 9.46. The van der Waals surface area contributed by atoms with E-state index in [1.807, 2.05) is 6.07 Å². The Balaban J connectivity index is 1.64. The standard InChI is InChI=1S/C22H19F3N4O/c1-2-19(30)29-11-9-16(13-29)28-21-17-4-3-10-26-20(17)18(12-27-21)14-5-7-15(8-6-14)22(23,24)25/h2-8,10,12,16H,1,9,11,13H2,(H,27,28). The summed E-state index contributed by atoms with van der Waals surface area (Å²) < 4.78 is 38.6. The van der Waals surface area contributed by atoms with Crippen LogP contribution in [0.4, 0.5) is 19.0 Å². The molecule has 3 heterocycles. The minimum Gasteiger partial charge on any atom is -0.365 e. The number of carbonyl (C=O) groups is 1. The SMILES string of the molecule is C=CC(=O)N1CCC(Nc2ncc(-c3ccc(C(F)(F)F)cc3)c3ncccc23)C1. The molecule has 1 N–H and O–H groups in total. The van der Waals surface area contributed by atoms with Crippen LogP contribution in [0.25, 0.3) is 22.0 Å². The lowest BCUT2D eigenvalue weighted by atomic mass is 10.0. The molecule has 1 unspecified atom stereocenters. The zero-order valence-electron chi connectivity index (χ0n) is 16.0. The summed E-state index contributed by atoms with van der Waals surface area (Å²) in [4.78, 5) is 22.5. The van der Waals surface area contributed by atoms with Crippen molar-refractivity contribution < 1.29 is 18.0 Å². The van der Waals surface area contributed by atoms with Crippen LogP contribution in [-0.2, 0) is 11.0 Å². The van der Waals surface area contributed by atoms with E-state index in [-0.39, 0.29) is 11.9 Å². The highest BCUT2D eigenvalue weighted by Crippen LogP contribution is 2.34. The summed E-state index contributed by atoms with van der Waals surface area (Å²) in [7, 11) is 0. The van der Waals surface area contributed by atoms with Crippen molar-refractivity contribution in [3.8, 4) is 11.1 Å². The maximum Gasteiger partial charge on any atom is 0.416 e. The van der Waals surface area contributed by atoms with Crippen LogP contribution >= 0.6 is 0 Å². The van der Waals surface area contributed by atoms with Gasteiger partial charge in [0.05, 0.1) is 11.1 Å². The van der Waals surface area contributed by atoms with Gasteiger partial charge in [0.2, 0.25) is 5.91 Å². The Hall–Kier alpha value is -3.42. The molecule has 0 spiro atoms. The molecule has 8 heteroatoms. The summed E-state index contributed by atoms with van der Waals surface area (Å²) >= 11 is 0. The molecule has 4 rings (SSSR count). The van der Waals surface area contributed by atoms with Gasteiger partial charge in [0.1, 0.15) is 5.82 Å². The van der Waals surface area contributed by atoms with Gasteiger partial charge in [-0.3, -0.25) is 9.78 Å². The number of rotatable bonds is 4. The highest BCUT2D eigenvalue weighted by Gasteiger charge is 2.30. The second-order valence-corrected chi connectivity index (χ2v) is 7.11. The van der Waals surface area contributed by atoms with Crippen LogP contribution < -0.4 is 5.32 Å². The Morgan fingerprint density at radius 3 is 2.67 bits per heavy atom. The molecule has 0 saturated carbocycles. The minimum atomic E-state index is -4.38. The lowest BCUT2D eigenvalue weighted by Gasteiger charge is -2.17. The van der Waals surface area contributed by atoms with Crippen molar-refractivity contribution in [1.29, 1.82) is 0 Å². The summed E-state index contributed by atoms with van der Waals surface area (Å²) in [6, 6.07) is 8.66. The smallest absolute Gasteiger partial charge is 0.365 e. The van der Waals surface area contributed by atoms with Gasteiger partial charge in [-0.1, -0.05) is 18.7 Å². The number of nitrogens with one attached hydrogen (secondary N) is 1. The van der Waals surface area contributed by atoms with Crippen molar-refractivity contribution >= 4 is 22.6 Å². The Morgan fingerprint density at radius 2 is 1.97 bits per heavy atom. The van der Waals surface area contributed by atoms with Gasteiger partial charge in [-0.25, -0.2) is 4.98 Å². The molecule has 1 aromatic carbocycles. The first kappa shape index (κ1) is 19.9. The van der Waals surface area contributed by atoms with E-state index >= 15 is 0 Å². The second kappa shape index (κ2) is 7.78. The van der Waals surface area contributed by atoms with E-state index < -0.39 is 11.7 Å². The van der Waals surface area contributed by atoms with Gasteiger partial charge >= 0.3 is 6.18 Å². The number of carbonyl (C=O) groups excluding carboxylic acids is 1. The van der Waals surface area contributed by atoms with E-state index in [2.05, 4.69) is 21.9 Å². The molecule has 154 valence electrons. The monoisotopic (exact) mass is 412 g/mol. The van der Waals surface area contributed by atoms with E-state index in [1.54, 1.807) is 23.4 Å². The van der Waals surface area contributed by atoms with Crippen molar-refractivity contribution in [2.24, 2.45) is 0 Å². The molecule has 2 aromatic heterocycles. The van der Waals surface area contributed by atoms with Gasteiger partial charge in [-0.05, 0) is 42.3 Å². The lowest BCUT2D eigenvalue weighted by Crippen LogP contribution is -2.30. The lowest BCUT2D eigenvalue weighted by molar-refractivity contribution is -0.137. The fourth-order valence-electron chi connectivity index (χ4n) is 3.64. The summed E-state index contributed by atoms with van der Waals surface area (Å²) in [5, 5.41) is 4.14. The maximum atomic E-state index is 12.9. The van der Waals surface area contributed by atoms with Gasteiger partial charge in [-0.15, -0.1) is 0 Å². The van der Waals surface area contributed by atoms with Gasteiger partial charge < -0.3 is 10.2 Å². The van der Waals surface area contributed by atoms with E-state index in [0.29, 0.717) is 35.6 Å². The summed E-state index contributed by atoms with van der Waals surface area (Å²) in [5.74, 6) is 0.531. The number of nitrogens with zero attached hydrogens (tertiary/aromatic N) is 3. The number of anilines is 1. The van der Waals surface area contributed by atoms with Crippen LogP contribution in [0.15, 0.2) is 61.4 Å². The quantitative estimate of drug-likeness (QED) is 0.641. The number of fused-ring (bicyclic) bond motifs is 1. The summed E-state index contributed by atoms with van der Waals surface area (Å²) in [5.41, 5.74) is 1.20. The molecule has 3 aromatic rings. The third-order valence-electron chi connectivity index (χ3n) is 5.18. The summed E-state index contributed by atoms with van der Waals surface area (Å²) in [6.07, 6.45) is 0.955. The van der Waals surface area contributed by atoms with Crippen molar-refractivity contribution in [3.63, 3.8) is 0 Å². The molecule has 0 radical (unpaired) electrons. The molecule has 5 nitrogen and oxygen atoms in total. The van der Waals surface area contributed by atoms with E-state index in [0.717, 1.165) is 23.9 Å². The van der Waals surface area contributed by atoms with Crippen LogP contribution in [-0.4, -0.2) is 39.9 Å². The molecule has 0 aliphatic carbocycles.